The zero-order valence-electron chi connectivity index (χ0n) is 12.0. The number of para-hydroxylation sites is 2. The molecule has 0 aromatic heterocycles. The van der Waals surface area contributed by atoms with Gasteiger partial charge in [-0.05, 0) is 43.3 Å². The fraction of sp³-hybridized carbons (Fsp3) is 0.118. The maximum atomic E-state index is 13.6. The summed E-state index contributed by atoms with van der Waals surface area (Å²) in [5.41, 5.74) is 0.913. The lowest BCUT2D eigenvalue weighted by Crippen LogP contribution is -2.09. The van der Waals surface area contributed by atoms with Crippen LogP contribution in [0.25, 0.3) is 6.08 Å². The number of nitrogens with one attached hydrogen (secondary N) is 1. The third-order valence-electron chi connectivity index (χ3n) is 2.82. The molecule has 0 atom stereocenters. The number of amides is 1. The van der Waals surface area contributed by atoms with E-state index in [1.54, 1.807) is 30.3 Å². The molecular weight excluding hydrogens is 349 g/mol. The first-order valence-corrected chi connectivity index (χ1v) is 7.55. The van der Waals surface area contributed by atoms with Crippen LogP contribution < -0.4 is 10.1 Å². The van der Waals surface area contributed by atoms with Crippen LogP contribution in [0.15, 0.2) is 53.0 Å². The van der Waals surface area contributed by atoms with Gasteiger partial charge >= 0.3 is 0 Å². The topological polar surface area (TPSA) is 38.3 Å². The van der Waals surface area contributed by atoms with Crippen molar-refractivity contribution < 1.29 is 13.9 Å². The molecule has 1 N–H and O–H groups in total. The Bertz CT molecular complexity index is 701. The van der Waals surface area contributed by atoms with E-state index in [-0.39, 0.29) is 11.7 Å². The SMILES string of the molecule is CCOc1ccccc1NC(=O)/C=C/c1cc(Br)ccc1F. The summed E-state index contributed by atoms with van der Waals surface area (Å²) in [6, 6.07) is 11.7. The Labute approximate surface area is 136 Å². The van der Waals surface area contributed by atoms with Crippen molar-refractivity contribution in [1.82, 2.24) is 0 Å². The van der Waals surface area contributed by atoms with Crippen LogP contribution in [-0.2, 0) is 4.79 Å². The molecular formula is C17H15BrFNO2. The molecule has 0 fully saturated rings. The molecule has 2 rings (SSSR count). The highest BCUT2D eigenvalue weighted by atomic mass is 79.9. The summed E-state index contributed by atoms with van der Waals surface area (Å²) in [4.78, 5) is 12.0. The fourth-order valence-electron chi connectivity index (χ4n) is 1.83. The van der Waals surface area contributed by atoms with Gasteiger partial charge in [-0.2, -0.15) is 0 Å². The minimum absolute atomic E-state index is 0.336. The molecule has 2 aromatic carbocycles. The quantitative estimate of drug-likeness (QED) is 0.785. The van der Waals surface area contributed by atoms with E-state index < -0.39 is 0 Å². The minimum Gasteiger partial charge on any atom is -0.492 e. The molecule has 0 bridgehead atoms. The van der Waals surface area contributed by atoms with Crippen LogP contribution in [0.3, 0.4) is 0 Å². The number of hydrogen-bond donors (Lipinski definition) is 1. The molecule has 3 nitrogen and oxygen atoms in total. The van der Waals surface area contributed by atoms with Gasteiger partial charge in [0.1, 0.15) is 11.6 Å². The number of ether oxygens (including phenoxy) is 1. The Morgan fingerprint density at radius 1 is 1.32 bits per heavy atom. The maximum Gasteiger partial charge on any atom is 0.248 e. The molecule has 0 saturated heterocycles. The van der Waals surface area contributed by atoms with Gasteiger partial charge in [-0.25, -0.2) is 4.39 Å². The summed E-state index contributed by atoms with van der Waals surface area (Å²) in [6.07, 6.45) is 2.71. The van der Waals surface area contributed by atoms with Crippen molar-refractivity contribution in [2.24, 2.45) is 0 Å². The maximum absolute atomic E-state index is 13.6. The summed E-state index contributed by atoms with van der Waals surface area (Å²) in [7, 11) is 0. The molecule has 0 aliphatic carbocycles. The monoisotopic (exact) mass is 363 g/mol. The molecule has 114 valence electrons. The second-order valence-electron chi connectivity index (χ2n) is 4.42. The third kappa shape index (κ3) is 4.43. The van der Waals surface area contributed by atoms with Gasteiger partial charge < -0.3 is 10.1 Å². The van der Waals surface area contributed by atoms with Gasteiger partial charge in [-0.15, -0.1) is 0 Å². The predicted molar refractivity (Wildman–Crippen MR) is 89.4 cm³/mol. The van der Waals surface area contributed by atoms with Crippen molar-refractivity contribution in [3.05, 3.63) is 64.4 Å². The molecule has 0 aliphatic heterocycles. The first-order valence-electron chi connectivity index (χ1n) is 6.76. The van der Waals surface area contributed by atoms with E-state index in [1.165, 1.54) is 18.2 Å². The highest BCUT2D eigenvalue weighted by Crippen LogP contribution is 2.23. The summed E-state index contributed by atoms with van der Waals surface area (Å²) in [5, 5.41) is 2.71. The number of halogens is 2. The van der Waals surface area contributed by atoms with Gasteiger partial charge in [0.2, 0.25) is 5.91 Å². The molecule has 0 aliphatic rings. The minimum atomic E-state index is -0.387. The summed E-state index contributed by atoms with van der Waals surface area (Å²) in [6.45, 7) is 2.38. The Balaban J connectivity index is 2.10. The molecule has 1 amide bonds. The first kappa shape index (κ1) is 16.2. The number of benzene rings is 2. The summed E-state index contributed by atoms with van der Waals surface area (Å²) < 4.78 is 19.8. The molecule has 0 unspecified atom stereocenters. The lowest BCUT2D eigenvalue weighted by Gasteiger charge is -2.09. The molecule has 22 heavy (non-hydrogen) atoms. The Morgan fingerprint density at radius 2 is 2.09 bits per heavy atom. The van der Waals surface area contributed by atoms with E-state index in [0.29, 0.717) is 23.6 Å². The normalized spacial score (nSPS) is 10.7. The van der Waals surface area contributed by atoms with E-state index in [0.717, 1.165) is 4.47 Å². The largest absolute Gasteiger partial charge is 0.492 e. The molecule has 2 aromatic rings. The highest BCUT2D eigenvalue weighted by Gasteiger charge is 2.05. The van der Waals surface area contributed by atoms with E-state index in [9.17, 15) is 9.18 Å². The summed E-state index contributed by atoms with van der Waals surface area (Å²) >= 11 is 3.27. The van der Waals surface area contributed by atoms with Crippen molar-refractivity contribution in [3.8, 4) is 5.75 Å². The van der Waals surface area contributed by atoms with Gasteiger partial charge in [0.05, 0.1) is 12.3 Å². The Kier molecular flexibility index (Phi) is 5.72. The fourth-order valence-corrected chi connectivity index (χ4v) is 2.21. The highest BCUT2D eigenvalue weighted by molar-refractivity contribution is 9.10. The van der Waals surface area contributed by atoms with Crippen LogP contribution in [-0.4, -0.2) is 12.5 Å². The van der Waals surface area contributed by atoms with Gasteiger partial charge in [0, 0.05) is 16.1 Å². The standard InChI is InChI=1S/C17H15BrFNO2/c1-2-22-16-6-4-3-5-15(16)20-17(21)10-7-12-11-13(18)8-9-14(12)19/h3-11H,2H2,1H3,(H,20,21)/b10-7+. The lowest BCUT2D eigenvalue weighted by molar-refractivity contribution is -0.111. The van der Waals surface area contributed by atoms with E-state index in [1.807, 2.05) is 13.0 Å². The second-order valence-corrected chi connectivity index (χ2v) is 5.33. The number of carbonyl (C=O) groups is 1. The van der Waals surface area contributed by atoms with E-state index in [2.05, 4.69) is 21.2 Å². The molecule has 0 saturated carbocycles. The van der Waals surface area contributed by atoms with Crippen molar-refractivity contribution in [3.63, 3.8) is 0 Å². The van der Waals surface area contributed by atoms with Crippen LogP contribution in [0, 0.1) is 5.82 Å². The van der Waals surface area contributed by atoms with Gasteiger partial charge in [0.25, 0.3) is 0 Å². The zero-order chi connectivity index (χ0) is 15.9. The third-order valence-corrected chi connectivity index (χ3v) is 3.31. The summed E-state index contributed by atoms with van der Waals surface area (Å²) in [5.74, 6) is -0.145. The molecule has 0 spiro atoms. The van der Waals surface area contributed by atoms with Crippen molar-refractivity contribution in [1.29, 1.82) is 0 Å². The zero-order valence-corrected chi connectivity index (χ0v) is 13.6. The number of rotatable bonds is 5. The van der Waals surface area contributed by atoms with Crippen molar-refractivity contribution in [2.45, 2.75) is 6.92 Å². The van der Waals surface area contributed by atoms with E-state index >= 15 is 0 Å². The second kappa shape index (κ2) is 7.75. The van der Waals surface area contributed by atoms with Crippen LogP contribution >= 0.6 is 15.9 Å². The number of anilines is 1. The molecule has 5 heteroatoms. The predicted octanol–water partition coefficient (Wildman–Crippen LogP) is 4.64. The van der Waals surface area contributed by atoms with Gasteiger partial charge in [-0.3, -0.25) is 4.79 Å². The Morgan fingerprint density at radius 3 is 2.86 bits per heavy atom. The van der Waals surface area contributed by atoms with Crippen molar-refractivity contribution in [2.75, 3.05) is 11.9 Å². The number of carbonyl (C=O) groups excluding carboxylic acids is 1. The lowest BCUT2D eigenvalue weighted by atomic mass is 10.2. The Hall–Kier alpha value is -2.14. The number of hydrogen-bond acceptors (Lipinski definition) is 2. The van der Waals surface area contributed by atoms with Crippen LogP contribution in [0.1, 0.15) is 12.5 Å². The van der Waals surface area contributed by atoms with Crippen LogP contribution in [0.5, 0.6) is 5.75 Å². The molecule has 0 heterocycles. The van der Waals surface area contributed by atoms with Gasteiger partial charge in [0.15, 0.2) is 0 Å². The smallest absolute Gasteiger partial charge is 0.248 e. The average Bonchev–Trinajstić information content (AvgIpc) is 2.50. The average molecular weight is 364 g/mol. The first-order chi connectivity index (χ1) is 10.6. The van der Waals surface area contributed by atoms with Crippen molar-refractivity contribution >= 4 is 33.6 Å². The van der Waals surface area contributed by atoms with Crippen LogP contribution in [0.4, 0.5) is 10.1 Å². The van der Waals surface area contributed by atoms with Crippen LogP contribution in [0.2, 0.25) is 0 Å². The molecule has 0 radical (unpaired) electrons. The van der Waals surface area contributed by atoms with Gasteiger partial charge in [-0.1, -0.05) is 28.1 Å². The van der Waals surface area contributed by atoms with E-state index in [4.69, 9.17) is 4.74 Å².